The van der Waals surface area contributed by atoms with E-state index in [1.165, 1.54) is 19.2 Å². The van der Waals surface area contributed by atoms with Crippen molar-refractivity contribution in [2.75, 3.05) is 19.0 Å². The van der Waals surface area contributed by atoms with Crippen molar-refractivity contribution in [3.63, 3.8) is 0 Å². The van der Waals surface area contributed by atoms with E-state index in [1.807, 2.05) is 4.90 Å². The van der Waals surface area contributed by atoms with Gasteiger partial charge in [0.15, 0.2) is 0 Å². The minimum Gasteiger partial charge on any atom is -0.493 e. The Labute approximate surface area is 240 Å². The molecule has 0 radical (unpaired) electrons. The van der Waals surface area contributed by atoms with Gasteiger partial charge in [0.2, 0.25) is 0 Å². The zero-order valence-electron chi connectivity index (χ0n) is 22.9. The largest absolute Gasteiger partial charge is 0.573 e. The quantitative estimate of drug-likeness (QED) is 0.339. The number of carbonyl (C=O) groups excluding carboxylic acids is 2. The predicted octanol–water partition coefficient (Wildman–Crippen LogP) is 8.10. The third kappa shape index (κ3) is 7.03. The van der Waals surface area contributed by atoms with E-state index in [4.69, 9.17) is 9.47 Å². The van der Waals surface area contributed by atoms with Crippen LogP contribution in [0.25, 0.3) is 0 Å². The number of rotatable bonds is 5. The van der Waals surface area contributed by atoms with Gasteiger partial charge in [0.05, 0.1) is 25.3 Å². The van der Waals surface area contributed by atoms with Crippen molar-refractivity contribution >= 4 is 33.6 Å². The SMILES string of the molecule is COC(=O)c1cc2c(cc1Br)C(N(C(=O)Nc1ccc(OC(F)(F)F)cc1)[C@H]1CC[C@H](C(C)(C)C)CC1)CCO2. The van der Waals surface area contributed by atoms with Crippen LogP contribution in [0.1, 0.15) is 74.8 Å². The minimum atomic E-state index is -4.80. The summed E-state index contributed by atoms with van der Waals surface area (Å²) in [7, 11) is 1.31. The molecule has 2 aromatic carbocycles. The fourth-order valence-electron chi connectivity index (χ4n) is 5.66. The number of nitrogens with one attached hydrogen (secondary N) is 1. The summed E-state index contributed by atoms with van der Waals surface area (Å²) in [4.78, 5) is 28.0. The zero-order chi connectivity index (χ0) is 29.2. The van der Waals surface area contributed by atoms with E-state index in [0.717, 1.165) is 43.4 Å². The van der Waals surface area contributed by atoms with Crippen LogP contribution in [0.2, 0.25) is 0 Å². The van der Waals surface area contributed by atoms with Gasteiger partial charge >= 0.3 is 18.4 Å². The summed E-state index contributed by atoms with van der Waals surface area (Å²) in [5.41, 5.74) is 1.61. The Bertz CT molecular complexity index is 1220. The molecule has 2 aromatic rings. The first kappa shape index (κ1) is 30.0. The average Bonchev–Trinajstić information content (AvgIpc) is 2.88. The number of anilines is 1. The van der Waals surface area contributed by atoms with Crippen molar-refractivity contribution in [1.29, 1.82) is 0 Å². The van der Waals surface area contributed by atoms with Gasteiger partial charge in [-0.1, -0.05) is 20.8 Å². The van der Waals surface area contributed by atoms with Crippen LogP contribution in [-0.2, 0) is 4.74 Å². The van der Waals surface area contributed by atoms with E-state index < -0.39 is 12.3 Å². The Morgan fingerprint density at radius 3 is 2.25 bits per heavy atom. The van der Waals surface area contributed by atoms with E-state index in [2.05, 4.69) is 46.8 Å². The van der Waals surface area contributed by atoms with Gasteiger partial charge < -0.3 is 24.4 Å². The number of benzene rings is 2. The van der Waals surface area contributed by atoms with Gasteiger partial charge in [0.25, 0.3) is 0 Å². The van der Waals surface area contributed by atoms with Gasteiger partial charge in [0.1, 0.15) is 11.5 Å². The van der Waals surface area contributed by atoms with Crippen LogP contribution in [0.5, 0.6) is 11.5 Å². The standard InChI is InChI=1S/C29H34BrF3N2O5/c1-28(2,3)17-5-9-19(10-6-17)35(27(37)34-18-7-11-20(12-8-18)40-29(31,32)33)24-13-14-39-25-16-21(26(36)38-4)23(30)15-22(24)25/h7-8,11-12,15-17,19,24H,5-6,9-10,13-14H2,1-4H3,(H,34,37)/t17-,19-,24?. The Morgan fingerprint density at radius 1 is 1.02 bits per heavy atom. The third-order valence-electron chi connectivity index (χ3n) is 7.74. The Kier molecular flexibility index (Phi) is 8.92. The second-order valence-corrected chi connectivity index (χ2v) is 12.1. The van der Waals surface area contributed by atoms with E-state index in [0.29, 0.717) is 40.4 Å². The molecule has 2 amide bonds. The molecule has 1 atom stereocenters. The number of esters is 1. The molecule has 11 heteroatoms. The van der Waals surface area contributed by atoms with Gasteiger partial charge in [-0.25, -0.2) is 9.59 Å². The summed E-state index contributed by atoms with van der Waals surface area (Å²) in [5, 5.41) is 2.88. The number of methoxy groups -OCH3 is 1. The summed E-state index contributed by atoms with van der Waals surface area (Å²) in [5.74, 6) is 0.171. The molecule has 0 bridgehead atoms. The van der Waals surface area contributed by atoms with Crippen molar-refractivity contribution in [3.05, 3.63) is 52.0 Å². The maximum Gasteiger partial charge on any atom is 0.573 e. The fourth-order valence-corrected chi connectivity index (χ4v) is 6.18. The number of fused-ring (bicyclic) bond motifs is 1. The molecule has 0 saturated heterocycles. The summed E-state index contributed by atoms with van der Waals surface area (Å²) in [6.07, 6.45) is -0.664. The summed E-state index contributed by atoms with van der Waals surface area (Å²) < 4.78 is 53.0. The van der Waals surface area contributed by atoms with Crippen LogP contribution in [0.15, 0.2) is 40.9 Å². The lowest BCUT2D eigenvalue weighted by molar-refractivity contribution is -0.274. The number of ether oxygens (including phenoxy) is 3. The summed E-state index contributed by atoms with van der Waals surface area (Å²) >= 11 is 3.47. The van der Waals surface area contributed by atoms with Gasteiger partial charge in [-0.05, 0) is 89.3 Å². The molecule has 2 aliphatic rings. The second-order valence-electron chi connectivity index (χ2n) is 11.3. The second kappa shape index (κ2) is 11.9. The monoisotopic (exact) mass is 626 g/mol. The normalized spacial score (nSPS) is 21.1. The molecule has 1 aliphatic carbocycles. The maximum absolute atomic E-state index is 13.9. The number of carbonyl (C=O) groups is 2. The van der Waals surface area contributed by atoms with Crippen molar-refractivity contribution in [3.8, 4) is 11.5 Å². The molecule has 1 fully saturated rings. The Morgan fingerprint density at radius 2 is 1.68 bits per heavy atom. The van der Waals surface area contributed by atoms with Gasteiger partial charge in [-0.2, -0.15) is 0 Å². The molecular weight excluding hydrogens is 593 g/mol. The first-order chi connectivity index (χ1) is 18.8. The fraction of sp³-hybridized carbons (Fsp3) is 0.517. The highest BCUT2D eigenvalue weighted by molar-refractivity contribution is 9.10. The lowest BCUT2D eigenvalue weighted by atomic mass is 9.71. The van der Waals surface area contributed by atoms with Crippen molar-refractivity contribution < 1.29 is 37.0 Å². The van der Waals surface area contributed by atoms with Crippen molar-refractivity contribution in [1.82, 2.24) is 4.90 Å². The first-order valence-corrected chi connectivity index (χ1v) is 14.1. The molecule has 4 rings (SSSR count). The van der Waals surface area contributed by atoms with Gasteiger partial charge in [0, 0.05) is 28.2 Å². The van der Waals surface area contributed by atoms with Crippen LogP contribution >= 0.6 is 15.9 Å². The number of halogens is 4. The summed E-state index contributed by atoms with van der Waals surface area (Å²) in [6.45, 7) is 7.06. The van der Waals surface area contributed by atoms with E-state index in [-0.39, 0.29) is 29.3 Å². The van der Waals surface area contributed by atoms with Crippen LogP contribution in [-0.4, -0.2) is 43.0 Å². The average molecular weight is 627 g/mol. The number of hydrogen-bond donors (Lipinski definition) is 1. The topological polar surface area (TPSA) is 77.1 Å². The van der Waals surface area contributed by atoms with Crippen LogP contribution in [0.3, 0.4) is 0 Å². The molecule has 1 N–H and O–H groups in total. The van der Waals surface area contributed by atoms with Gasteiger partial charge in [-0.15, -0.1) is 13.2 Å². The zero-order valence-corrected chi connectivity index (χ0v) is 24.5. The van der Waals surface area contributed by atoms with Gasteiger partial charge in [-0.3, -0.25) is 0 Å². The van der Waals surface area contributed by atoms with Crippen LogP contribution in [0, 0.1) is 11.3 Å². The molecule has 1 saturated carbocycles. The molecule has 0 aromatic heterocycles. The number of hydrogen-bond acceptors (Lipinski definition) is 5. The molecule has 1 aliphatic heterocycles. The minimum absolute atomic E-state index is 0.0542. The molecule has 7 nitrogen and oxygen atoms in total. The van der Waals surface area contributed by atoms with Crippen LogP contribution in [0.4, 0.5) is 23.7 Å². The van der Waals surface area contributed by atoms with Crippen molar-refractivity contribution in [2.24, 2.45) is 11.3 Å². The number of nitrogens with zero attached hydrogens (tertiary/aromatic N) is 1. The maximum atomic E-state index is 13.9. The molecule has 1 unspecified atom stereocenters. The molecule has 1 heterocycles. The van der Waals surface area contributed by atoms with Crippen LogP contribution < -0.4 is 14.8 Å². The van der Waals surface area contributed by atoms with E-state index in [1.54, 1.807) is 12.1 Å². The van der Waals surface area contributed by atoms with E-state index in [9.17, 15) is 22.8 Å². The smallest absolute Gasteiger partial charge is 0.493 e. The Balaban J connectivity index is 1.64. The van der Waals surface area contributed by atoms with E-state index >= 15 is 0 Å². The lowest BCUT2D eigenvalue weighted by Crippen LogP contribution is -2.48. The highest BCUT2D eigenvalue weighted by Crippen LogP contribution is 2.45. The number of amides is 2. The molecular formula is C29H34BrF3N2O5. The Hall–Kier alpha value is -2.95. The number of alkyl halides is 3. The first-order valence-electron chi connectivity index (χ1n) is 13.3. The molecule has 0 spiro atoms. The lowest BCUT2D eigenvalue weighted by Gasteiger charge is -2.45. The third-order valence-corrected chi connectivity index (χ3v) is 8.39. The highest BCUT2D eigenvalue weighted by atomic mass is 79.9. The highest BCUT2D eigenvalue weighted by Gasteiger charge is 2.39. The molecule has 40 heavy (non-hydrogen) atoms. The predicted molar refractivity (Wildman–Crippen MR) is 148 cm³/mol. The van der Waals surface area contributed by atoms with Crippen molar-refractivity contribution in [2.45, 2.75) is 71.3 Å². The molecule has 218 valence electrons. The number of urea groups is 1. The summed E-state index contributed by atoms with van der Waals surface area (Å²) in [6, 6.07) is 7.77.